The van der Waals surface area contributed by atoms with Crippen LogP contribution in [0.25, 0.3) is 5.70 Å². The third kappa shape index (κ3) is 4.86. The fourth-order valence-corrected chi connectivity index (χ4v) is 3.18. The highest BCUT2D eigenvalue weighted by molar-refractivity contribution is 6.70. The fraction of sp³-hybridized carbons (Fsp3) is 0.318. The van der Waals surface area contributed by atoms with Gasteiger partial charge in [-0.05, 0) is 61.2 Å². The molecule has 0 bridgehead atoms. The molecule has 0 heterocycles. The van der Waals surface area contributed by atoms with Crippen LogP contribution in [-0.2, 0) is 13.0 Å². The zero-order chi connectivity index (χ0) is 20.8. The molecular formula is C22H29ClN4O. The van der Waals surface area contributed by atoms with Gasteiger partial charge in [0.1, 0.15) is 17.5 Å². The summed E-state index contributed by atoms with van der Waals surface area (Å²) >= 11 is 6.09. The average Bonchev–Trinajstić information content (AvgIpc) is 2.70. The van der Waals surface area contributed by atoms with Gasteiger partial charge >= 0.3 is 0 Å². The molecule has 2 aromatic carbocycles. The van der Waals surface area contributed by atoms with Crippen LogP contribution in [0.1, 0.15) is 36.1 Å². The second-order valence-electron chi connectivity index (χ2n) is 6.70. The molecular weight excluding hydrogens is 372 g/mol. The lowest BCUT2D eigenvalue weighted by Crippen LogP contribution is -2.27. The lowest BCUT2D eigenvalue weighted by molar-refractivity contribution is 0.303. The van der Waals surface area contributed by atoms with Crippen LogP contribution in [0.2, 0.25) is 0 Å². The number of anilines is 1. The van der Waals surface area contributed by atoms with Crippen molar-refractivity contribution in [2.75, 3.05) is 19.1 Å². The summed E-state index contributed by atoms with van der Waals surface area (Å²) < 4.78 is 6.13. The number of benzene rings is 2. The van der Waals surface area contributed by atoms with Gasteiger partial charge in [-0.3, -0.25) is 4.99 Å². The van der Waals surface area contributed by atoms with E-state index < -0.39 is 0 Å². The largest absolute Gasteiger partial charge is 0.489 e. The molecule has 0 saturated carbocycles. The Bertz CT molecular complexity index is 903. The zero-order valence-corrected chi connectivity index (χ0v) is 18.0. The quantitative estimate of drug-likeness (QED) is 0.410. The number of ether oxygens (including phenoxy) is 1. The van der Waals surface area contributed by atoms with Gasteiger partial charge < -0.3 is 15.5 Å². The third-order valence-electron chi connectivity index (χ3n) is 4.78. The Morgan fingerprint density at radius 3 is 2.54 bits per heavy atom. The molecule has 0 amide bonds. The van der Waals surface area contributed by atoms with E-state index in [4.69, 9.17) is 27.9 Å². The third-order valence-corrected chi connectivity index (χ3v) is 5.23. The van der Waals surface area contributed by atoms with Crippen LogP contribution in [0.4, 0.5) is 5.69 Å². The van der Waals surface area contributed by atoms with Gasteiger partial charge in [0.25, 0.3) is 0 Å². The molecule has 28 heavy (non-hydrogen) atoms. The van der Waals surface area contributed by atoms with E-state index in [2.05, 4.69) is 18.0 Å². The molecule has 0 aliphatic carbocycles. The van der Waals surface area contributed by atoms with Crippen molar-refractivity contribution in [3.8, 4) is 5.75 Å². The first kappa shape index (κ1) is 21.8. The van der Waals surface area contributed by atoms with Crippen molar-refractivity contribution >= 4 is 28.2 Å². The van der Waals surface area contributed by atoms with Gasteiger partial charge in [0.05, 0.1) is 5.69 Å². The van der Waals surface area contributed by atoms with Gasteiger partial charge in [-0.2, -0.15) is 0 Å². The molecule has 0 aliphatic heterocycles. The molecule has 0 atom stereocenters. The molecule has 0 spiro atoms. The topological polar surface area (TPSA) is 76.9 Å². The molecule has 2 aromatic rings. The minimum absolute atomic E-state index is 0.407. The van der Waals surface area contributed by atoms with Gasteiger partial charge in [-0.15, -0.1) is 0 Å². The number of halogens is 1. The van der Waals surface area contributed by atoms with E-state index in [1.54, 1.807) is 12.1 Å². The van der Waals surface area contributed by atoms with Crippen LogP contribution in [0.3, 0.4) is 0 Å². The number of aliphatic imine (C=N–C) groups is 1. The molecule has 0 fully saturated rings. The molecule has 0 aliphatic rings. The van der Waals surface area contributed by atoms with E-state index in [-0.39, 0.29) is 0 Å². The van der Waals surface area contributed by atoms with Crippen molar-refractivity contribution in [2.24, 2.45) is 16.6 Å². The normalized spacial score (nSPS) is 12.6. The van der Waals surface area contributed by atoms with Crippen molar-refractivity contribution in [3.63, 3.8) is 0 Å². The summed E-state index contributed by atoms with van der Waals surface area (Å²) in [6.07, 6.45) is 0.915. The van der Waals surface area contributed by atoms with Crippen molar-refractivity contribution in [3.05, 3.63) is 64.2 Å². The van der Waals surface area contributed by atoms with Crippen LogP contribution in [0.15, 0.2) is 47.0 Å². The molecule has 6 heteroatoms. The number of nitrogens with zero attached hydrogens (tertiary/aromatic N) is 2. The van der Waals surface area contributed by atoms with Crippen molar-refractivity contribution < 1.29 is 4.74 Å². The van der Waals surface area contributed by atoms with E-state index in [1.165, 1.54) is 5.56 Å². The summed E-state index contributed by atoms with van der Waals surface area (Å²) in [5.41, 5.74) is 12.8. The van der Waals surface area contributed by atoms with E-state index in [9.17, 15) is 0 Å². The molecule has 5 nitrogen and oxygen atoms in total. The van der Waals surface area contributed by atoms with Gasteiger partial charge in [0, 0.05) is 30.9 Å². The standard InChI is InChI=1S/C22H29ClN4O/c1-6-16-8-7-9-19(27(5)25)18(16)13-28-20-11-10-17(12-14(20)2)21(24)15(3)22(23)26-4/h7-12H,6,13,24-25H2,1-5H3. The lowest BCUT2D eigenvalue weighted by atomic mass is 10.0. The molecule has 0 radical (unpaired) electrons. The van der Waals surface area contributed by atoms with Gasteiger partial charge in [-0.1, -0.05) is 30.7 Å². The fourth-order valence-electron chi connectivity index (χ4n) is 3.07. The van der Waals surface area contributed by atoms with Crippen molar-refractivity contribution in [1.29, 1.82) is 0 Å². The first-order valence-corrected chi connectivity index (χ1v) is 9.59. The molecule has 150 valence electrons. The number of nitrogens with two attached hydrogens (primary N) is 2. The minimum atomic E-state index is 0.407. The number of hydrazine groups is 1. The highest BCUT2D eigenvalue weighted by Crippen LogP contribution is 2.27. The van der Waals surface area contributed by atoms with E-state index in [1.807, 2.05) is 51.2 Å². The van der Waals surface area contributed by atoms with E-state index in [0.29, 0.717) is 17.5 Å². The highest BCUT2D eigenvalue weighted by Gasteiger charge is 2.12. The Kier molecular flexibility index (Phi) is 7.49. The van der Waals surface area contributed by atoms with E-state index in [0.717, 1.165) is 40.1 Å². The second-order valence-corrected chi connectivity index (χ2v) is 7.06. The van der Waals surface area contributed by atoms with Crippen LogP contribution in [0, 0.1) is 6.92 Å². The Morgan fingerprint density at radius 2 is 1.96 bits per heavy atom. The maximum Gasteiger partial charge on any atom is 0.128 e. The summed E-state index contributed by atoms with van der Waals surface area (Å²) in [5, 5.41) is 2.03. The van der Waals surface area contributed by atoms with E-state index >= 15 is 0 Å². The maximum absolute atomic E-state index is 6.24. The second kappa shape index (κ2) is 9.62. The molecule has 4 N–H and O–H groups in total. The van der Waals surface area contributed by atoms with Gasteiger partial charge in [0.15, 0.2) is 0 Å². The molecule has 0 saturated heterocycles. The van der Waals surface area contributed by atoms with Crippen molar-refractivity contribution in [2.45, 2.75) is 33.8 Å². The SMILES string of the molecule is CCc1cccc(N(C)N)c1COc1ccc(C(N)=C(C)C(Cl)=NC)cc1C. The lowest BCUT2D eigenvalue weighted by Gasteiger charge is -2.20. The molecule has 0 unspecified atom stereocenters. The number of rotatable bonds is 7. The number of aryl methyl sites for hydroxylation is 2. The minimum Gasteiger partial charge on any atom is -0.489 e. The summed E-state index contributed by atoms with van der Waals surface area (Å²) in [4.78, 5) is 3.98. The number of allylic oxidation sites excluding steroid dienone is 1. The van der Waals surface area contributed by atoms with Crippen molar-refractivity contribution in [1.82, 2.24) is 0 Å². The predicted molar refractivity (Wildman–Crippen MR) is 120 cm³/mol. The maximum atomic E-state index is 6.24. The number of hydrogen-bond acceptors (Lipinski definition) is 5. The Balaban J connectivity index is 2.29. The monoisotopic (exact) mass is 400 g/mol. The predicted octanol–water partition coefficient (Wildman–Crippen LogP) is 4.40. The summed E-state index contributed by atoms with van der Waals surface area (Å²) in [7, 11) is 3.48. The first-order valence-electron chi connectivity index (χ1n) is 9.22. The van der Waals surface area contributed by atoms with Crippen LogP contribution < -0.4 is 21.3 Å². The first-order chi connectivity index (χ1) is 13.3. The van der Waals surface area contributed by atoms with Crippen LogP contribution in [0.5, 0.6) is 5.75 Å². The van der Waals surface area contributed by atoms with Crippen LogP contribution >= 0.6 is 11.6 Å². The zero-order valence-electron chi connectivity index (χ0n) is 17.2. The highest BCUT2D eigenvalue weighted by atomic mass is 35.5. The average molecular weight is 401 g/mol. The Morgan fingerprint density at radius 1 is 1.25 bits per heavy atom. The van der Waals surface area contributed by atoms with Gasteiger partial charge in [-0.25, -0.2) is 5.84 Å². The Labute approximate surface area is 172 Å². The van der Waals surface area contributed by atoms with Gasteiger partial charge in [0.2, 0.25) is 0 Å². The smallest absolute Gasteiger partial charge is 0.128 e. The molecule has 2 rings (SSSR count). The summed E-state index contributed by atoms with van der Waals surface area (Å²) in [5.74, 6) is 6.80. The molecule has 0 aromatic heterocycles. The number of hydrogen-bond donors (Lipinski definition) is 2. The summed E-state index contributed by atoms with van der Waals surface area (Å²) in [6.45, 7) is 6.43. The van der Waals surface area contributed by atoms with Crippen LogP contribution in [-0.4, -0.2) is 19.3 Å². The Hall–Kier alpha value is -2.50. The summed E-state index contributed by atoms with van der Waals surface area (Å²) in [6, 6.07) is 12.0.